The summed E-state index contributed by atoms with van der Waals surface area (Å²) in [6.45, 7) is 1.34. The van der Waals surface area contributed by atoms with Crippen LogP contribution in [0.5, 0.6) is 0 Å². The number of carbonyl (C=O) groups excluding carboxylic acids is 2. The number of amides is 2. The Morgan fingerprint density at radius 1 is 0.968 bits per heavy atom. The lowest BCUT2D eigenvalue weighted by molar-refractivity contribution is 0.0711. The molecule has 156 valence electrons. The van der Waals surface area contributed by atoms with Crippen molar-refractivity contribution in [1.29, 1.82) is 0 Å². The van der Waals surface area contributed by atoms with E-state index < -0.39 is 0 Å². The van der Waals surface area contributed by atoms with E-state index >= 15 is 0 Å². The number of hydrogen-bond acceptors (Lipinski definition) is 5. The van der Waals surface area contributed by atoms with Crippen molar-refractivity contribution in [3.63, 3.8) is 0 Å². The molecular formula is C23H21N5O3. The third kappa shape index (κ3) is 3.79. The topological polar surface area (TPSA) is 92.7 Å². The maximum Gasteiger partial charge on any atom is 0.291 e. The van der Waals surface area contributed by atoms with Crippen LogP contribution >= 0.6 is 0 Å². The van der Waals surface area contributed by atoms with Crippen molar-refractivity contribution in [1.82, 2.24) is 19.5 Å². The van der Waals surface area contributed by atoms with Gasteiger partial charge >= 0.3 is 0 Å². The first kappa shape index (κ1) is 19.0. The molecule has 8 nitrogen and oxygen atoms in total. The first-order chi connectivity index (χ1) is 15.2. The summed E-state index contributed by atoms with van der Waals surface area (Å²) in [4.78, 5) is 26.8. The highest BCUT2D eigenvalue weighted by molar-refractivity contribution is 6.02. The monoisotopic (exact) mass is 415 g/mol. The normalized spacial score (nSPS) is 14.6. The van der Waals surface area contributed by atoms with Crippen molar-refractivity contribution in [3.05, 3.63) is 84.2 Å². The summed E-state index contributed by atoms with van der Waals surface area (Å²) in [5.74, 6) is 1.14. The van der Waals surface area contributed by atoms with Gasteiger partial charge in [0.15, 0.2) is 11.4 Å². The second-order valence-electron chi connectivity index (χ2n) is 7.56. The average Bonchev–Trinajstić information content (AvgIpc) is 3.50. The van der Waals surface area contributed by atoms with Crippen LogP contribution in [0.2, 0.25) is 0 Å². The molecule has 0 spiro atoms. The Hall–Kier alpha value is -3.94. The van der Waals surface area contributed by atoms with Crippen LogP contribution < -0.4 is 5.32 Å². The first-order valence-corrected chi connectivity index (χ1v) is 10.2. The van der Waals surface area contributed by atoms with Gasteiger partial charge in [0, 0.05) is 36.5 Å². The standard InChI is InChI=1S/C23H21N5O3/c29-22(19-4-3-15-31-19)24-18-8-6-17(7-9-18)23(30)27-13-10-16(11-14-27)21-26-25-20-5-1-2-12-28(20)21/h1-9,12,15-16H,10-11,13-14H2,(H,24,29). The molecule has 1 saturated heterocycles. The molecule has 31 heavy (non-hydrogen) atoms. The summed E-state index contributed by atoms with van der Waals surface area (Å²) in [6, 6.07) is 16.0. The molecule has 1 N–H and O–H groups in total. The van der Waals surface area contributed by atoms with Gasteiger partial charge in [-0.25, -0.2) is 0 Å². The van der Waals surface area contributed by atoms with Gasteiger partial charge < -0.3 is 14.6 Å². The van der Waals surface area contributed by atoms with E-state index in [1.807, 2.05) is 33.7 Å². The fraction of sp³-hybridized carbons (Fsp3) is 0.217. The largest absolute Gasteiger partial charge is 0.459 e. The Labute approximate surface area is 178 Å². The van der Waals surface area contributed by atoms with E-state index in [-0.39, 0.29) is 23.5 Å². The van der Waals surface area contributed by atoms with Gasteiger partial charge in [-0.05, 0) is 61.4 Å². The van der Waals surface area contributed by atoms with Crippen molar-refractivity contribution < 1.29 is 14.0 Å². The number of nitrogens with zero attached hydrogens (tertiary/aromatic N) is 4. The molecule has 1 aliphatic heterocycles. The predicted molar refractivity (Wildman–Crippen MR) is 114 cm³/mol. The van der Waals surface area contributed by atoms with Gasteiger partial charge in [0.25, 0.3) is 11.8 Å². The zero-order valence-electron chi connectivity index (χ0n) is 16.8. The van der Waals surface area contributed by atoms with E-state index in [0.29, 0.717) is 24.3 Å². The lowest BCUT2D eigenvalue weighted by Crippen LogP contribution is -2.38. The Morgan fingerprint density at radius 2 is 1.77 bits per heavy atom. The van der Waals surface area contributed by atoms with E-state index in [0.717, 1.165) is 24.3 Å². The van der Waals surface area contributed by atoms with Crippen LogP contribution in [-0.4, -0.2) is 44.4 Å². The van der Waals surface area contributed by atoms with E-state index in [1.54, 1.807) is 36.4 Å². The average molecular weight is 415 g/mol. The molecule has 1 aromatic carbocycles. The number of benzene rings is 1. The van der Waals surface area contributed by atoms with Gasteiger partial charge in [-0.2, -0.15) is 0 Å². The molecule has 0 aliphatic carbocycles. The van der Waals surface area contributed by atoms with Crippen LogP contribution in [0.1, 0.15) is 45.5 Å². The number of aromatic nitrogens is 3. The van der Waals surface area contributed by atoms with Gasteiger partial charge in [-0.15, -0.1) is 10.2 Å². The van der Waals surface area contributed by atoms with Gasteiger partial charge in [-0.1, -0.05) is 6.07 Å². The van der Waals surface area contributed by atoms with Crippen molar-refractivity contribution in [2.24, 2.45) is 0 Å². The summed E-state index contributed by atoms with van der Waals surface area (Å²) < 4.78 is 7.11. The number of likely N-dealkylation sites (tertiary alicyclic amines) is 1. The summed E-state index contributed by atoms with van der Waals surface area (Å²) in [7, 11) is 0. The molecule has 0 unspecified atom stereocenters. The number of pyridine rings is 1. The predicted octanol–water partition coefficient (Wildman–Crippen LogP) is 3.59. The van der Waals surface area contributed by atoms with Gasteiger partial charge in [0.05, 0.1) is 6.26 Å². The van der Waals surface area contributed by atoms with E-state index in [1.165, 1.54) is 6.26 Å². The van der Waals surface area contributed by atoms with Crippen molar-refractivity contribution in [2.45, 2.75) is 18.8 Å². The fourth-order valence-corrected chi connectivity index (χ4v) is 3.96. The number of rotatable bonds is 4. The van der Waals surface area contributed by atoms with Crippen LogP contribution in [0, 0.1) is 0 Å². The molecule has 4 heterocycles. The Bertz CT molecular complexity index is 1210. The number of piperidine rings is 1. The number of nitrogens with one attached hydrogen (secondary N) is 1. The molecule has 0 radical (unpaired) electrons. The summed E-state index contributed by atoms with van der Waals surface area (Å²) in [6.07, 6.45) is 5.12. The minimum atomic E-state index is -0.327. The highest BCUT2D eigenvalue weighted by Gasteiger charge is 2.27. The van der Waals surface area contributed by atoms with Crippen LogP contribution in [0.25, 0.3) is 5.65 Å². The quantitative estimate of drug-likeness (QED) is 0.550. The highest BCUT2D eigenvalue weighted by Crippen LogP contribution is 2.28. The van der Waals surface area contributed by atoms with Gasteiger partial charge in [0.2, 0.25) is 0 Å². The van der Waals surface area contributed by atoms with Crippen LogP contribution in [-0.2, 0) is 0 Å². The molecule has 0 saturated carbocycles. The molecule has 0 bridgehead atoms. The van der Waals surface area contributed by atoms with Crippen LogP contribution in [0.3, 0.4) is 0 Å². The fourth-order valence-electron chi connectivity index (χ4n) is 3.96. The van der Waals surface area contributed by atoms with Crippen molar-refractivity contribution in [2.75, 3.05) is 18.4 Å². The Morgan fingerprint density at radius 3 is 2.52 bits per heavy atom. The highest BCUT2D eigenvalue weighted by atomic mass is 16.3. The molecular weight excluding hydrogens is 394 g/mol. The number of furan rings is 1. The van der Waals surface area contributed by atoms with Crippen LogP contribution in [0.15, 0.2) is 71.5 Å². The summed E-state index contributed by atoms with van der Waals surface area (Å²) >= 11 is 0. The molecule has 0 atom stereocenters. The number of carbonyl (C=O) groups is 2. The lowest BCUT2D eigenvalue weighted by Gasteiger charge is -2.31. The van der Waals surface area contributed by atoms with Gasteiger partial charge in [-0.3, -0.25) is 14.0 Å². The summed E-state index contributed by atoms with van der Waals surface area (Å²) in [5.41, 5.74) is 2.05. The van der Waals surface area contributed by atoms with Gasteiger partial charge in [0.1, 0.15) is 5.82 Å². The molecule has 4 aromatic rings. The maximum atomic E-state index is 12.9. The Kier molecular flexibility index (Phi) is 4.95. The third-order valence-corrected chi connectivity index (χ3v) is 5.62. The first-order valence-electron chi connectivity index (χ1n) is 10.2. The van der Waals surface area contributed by atoms with Crippen molar-refractivity contribution in [3.8, 4) is 0 Å². The molecule has 2 amide bonds. The van der Waals surface area contributed by atoms with Crippen LogP contribution in [0.4, 0.5) is 5.69 Å². The zero-order chi connectivity index (χ0) is 21.2. The molecule has 1 fully saturated rings. The Balaban J connectivity index is 1.21. The minimum absolute atomic E-state index is 0.00605. The second-order valence-corrected chi connectivity index (χ2v) is 7.56. The number of hydrogen-bond donors (Lipinski definition) is 1. The molecule has 3 aromatic heterocycles. The zero-order valence-corrected chi connectivity index (χ0v) is 16.8. The maximum absolute atomic E-state index is 12.9. The number of anilines is 1. The van der Waals surface area contributed by atoms with E-state index in [2.05, 4.69) is 15.5 Å². The summed E-state index contributed by atoms with van der Waals surface area (Å²) in [5, 5.41) is 11.4. The van der Waals surface area contributed by atoms with E-state index in [9.17, 15) is 9.59 Å². The number of fused-ring (bicyclic) bond motifs is 1. The second kappa shape index (κ2) is 8.06. The third-order valence-electron chi connectivity index (χ3n) is 5.62. The molecule has 8 heteroatoms. The van der Waals surface area contributed by atoms with E-state index in [4.69, 9.17) is 4.42 Å². The molecule has 1 aliphatic rings. The minimum Gasteiger partial charge on any atom is -0.459 e. The molecule has 5 rings (SSSR count). The smallest absolute Gasteiger partial charge is 0.291 e. The van der Waals surface area contributed by atoms with Crippen molar-refractivity contribution >= 4 is 23.1 Å². The SMILES string of the molecule is O=C(Nc1ccc(C(=O)N2CCC(c3nnc4ccccn34)CC2)cc1)c1ccco1. The lowest BCUT2D eigenvalue weighted by atomic mass is 9.95.